The molecule has 36 heavy (non-hydrogen) atoms. The first-order valence-corrected chi connectivity index (χ1v) is 12.0. The van der Waals surface area contributed by atoms with Crippen molar-refractivity contribution in [1.82, 2.24) is 19.8 Å². The van der Waals surface area contributed by atoms with Gasteiger partial charge in [0, 0.05) is 56.3 Å². The van der Waals surface area contributed by atoms with E-state index in [1.165, 1.54) is 16.5 Å². The van der Waals surface area contributed by atoms with Crippen LogP contribution in [0.25, 0.3) is 22.5 Å². The predicted molar refractivity (Wildman–Crippen MR) is 136 cm³/mol. The minimum atomic E-state index is -0.150. The molecule has 0 atom stereocenters. The molecule has 0 bridgehead atoms. The van der Waals surface area contributed by atoms with E-state index in [2.05, 4.69) is 35.7 Å². The molecule has 4 heterocycles. The van der Waals surface area contributed by atoms with E-state index in [0.29, 0.717) is 17.4 Å². The highest BCUT2D eigenvalue weighted by Gasteiger charge is 2.52. The summed E-state index contributed by atoms with van der Waals surface area (Å²) >= 11 is 0. The number of ether oxygens (including phenoxy) is 1. The summed E-state index contributed by atoms with van der Waals surface area (Å²) in [5, 5.41) is 0. The van der Waals surface area contributed by atoms with Gasteiger partial charge in [-0.3, -0.25) is 19.4 Å². The number of nitrogens with zero attached hydrogens (tertiary/aromatic N) is 5. The van der Waals surface area contributed by atoms with Crippen LogP contribution in [-0.2, 0) is 16.1 Å². The first-order valence-electron chi connectivity index (χ1n) is 12.0. The van der Waals surface area contributed by atoms with Crippen molar-refractivity contribution in [2.24, 2.45) is 5.41 Å². The molecule has 3 aliphatic rings. The quantitative estimate of drug-likeness (QED) is 0.522. The molecule has 6 rings (SSSR count). The number of fused-ring (bicyclic) bond motifs is 1. The highest BCUT2D eigenvalue weighted by atomic mass is 16.5. The van der Waals surface area contributed by atoms with E-state index in [0.717, 1.165) is 49.5 Å². The lowest BCUT2D eigenvalue weighted by molar-refractivity contribution is -0.154. The normalized spacial score (nSPS) is 18.2. The van der Waals surface area contributed by atoms with Crippen LogP contribution < -0.4 is 9.64 Å². The zero-order valence-electron chi connectivity index (χ0n) is 20.2. The fraction of sp³-hybridized carbons (Fsp3) is 0.286. The van der Waals surface area contributed by atoms with Crippen molar-refractivity contribution in [3.63, 3.8) is 0 Å². The Hall–Kier alpha value is -4.04. The summed E-state index contributed by atoms with van der Waals surface area (Å²) in [4.78, 5) is 39.3. The molecule has 2 aromatic carbocycles. The molecule has 0 N–H and O–H groups in total. The van der Waals surface area contributed by atoms with E-state index in [4.69, 9.17) is 14.7 Å². The fourth-order valence-electron chi connectivity index (χ4n) is 5.36. The number of anilines is 1. The van der Waals surface area contributed by atoms with E-state index in [9.17, 15) is 9.59 Å². The fourth-order valence-corrected chi connectivity index (χ4v) is 5.36. The Morgan fingerprint density at radius 2 is 1.67 bits per heavy atom. The molecular formula is C28H27N5O3. The van der Waals surface area contributed by atoms with Crippen molar-refractivity contribution in [2.45, 2.75) is 6.54 Å². The summed E-state index contributed by atoms with van der Waals surface area (Å²) in [6.07, 6.45) is 1.39. The van der Waals surface area contributed by atoms with Gasteiger partial charge in [-0.25, -0.2) is 9.97 Å². The van der Waals surface area contributed by atoms with Gasteiger partial charge in [-0.1, -0.05) is 61.2 Å². The Balaban J connectivity index is 1.22. The molecule has 2 saturated heterocycles. The van der Waals surface area contributed by atoms with Gasteiger partial charge in [0.1, 0.15) is 5.69 Å². The smallest absolute Gasteiger partial charge is 0.266 e. The number of benzene rings is 2. The van der Waals surface area contributed by atoms with Crippen LogP contribution >= 0.6 is 0 Å². The van der Waals surface area contributed by atoms with Gasteiger partial charge < -0.3 is 9.64 Å². The number of hydrogen-bond donors (Lipinski definition) is 0. The average Bonchev–Trinajstić information content (AvgIpc) is 2.87. The molecule has 2 fully saturated rings. The minimum Gasteiger partial charge on any atom is -0.465 e. The highest BCUT2D eigenvalue weighted by Crippen LogP contribution is 2.41. The van der Waals surface area contributed by atoms with Crippen LogP contribution in [0, 0.1) is 5.41 Å². The molecule has 0 radical (unpaired) electrons. The standard InChI is InChI=1S/C28H27N5O3/c1-3-22(34)33-17-28(18-33)15-32(16-28)13-19-9-11-21(12-10-19)25-24(20-7-5-4-6-8-20)29-26-27(30-25)36-14-23(35)31(26)2/h3-12H,1,13-18H2,2H3. The van der Waals surface area contributed by atoms with Crippen molar-refractivity contribution in [3.05, 3.63) is 72.8 Å². The average molecular weight is 482 g/mol. The Morgan fingerprint density at radius 1 is 1.00 bits per heavy atom. The third-order valence-corrected chi connectivity index (χ3v) is 7.21. The summed E-state index contributed by atoms with van der Waals surface area (Å²) in [6, 6.07) is 18.3. The van der Waals surface area contributed by atoms with Crippen molar-refractivity contribution >= 4 is 17.6 Å². The first kappa shape index (κ1) is 22.4. The van der Waals surface area contributed by atoms with Crippen molar-refractivity contribution < 1.29 is 14.3 Å². The Morgan fingerprint density at radius 3 is 2.36 bits per heavy atom. The number of carbonyl (C=O) groups is 2. The van der Waals surface area contributed by atoms with Crippen LogP contribution in [0.4, 0.5) is 5.82 Å². The largest absolute Gasteiger partial charge is 0.465 e. The molecule has 0 aliphatic carbocycles. The van der Waals surface area contributed by atoms with Crippen molar-refractivity contribution in [3.8, 4) is 28.4 Å². The summed E-state index contributed by atoms with van der Waals surface area (Å²) in [6.45, 7) is 8.07. The maximum absolute atomic E-state index is 12.1. The Bertz CT molecular complexity index is 1340. The van der Waals surface area contributed by atoms with Gasteiger partial charge in [-0.2, -0.15) is 0 Å². The van der Waals surface area contributed by atoms with Gasteiger partial charge in [0.15, 0.2) is 12.4 Å². The van der Waals surface area contributed by atoms with Gasteiger partial charge in [-0.05, 0) is 11.6 Å². The molecule has 1 spiro atoms. The van der Waals surface area contributed by atoms with Gasteiger partial charge in [-0.15, -0.1) is 0 Å². The van der Waals surface area contributed by atoms with Gasteiger partial charge in [0.2, 0.25) is 5.91 Å². The lowest BCUT2D eigenvalue weighted by atomic mass is 9.72. The molecule has 8 nitrogen and oxygen atoms in total. The van der Waals surface area contributed by atoms with E-state index in [-0.39, 0.29) is 23.8 Å². The van der Waals surface area contributed by atoms with Crippen LogP contribution in [0.3, 0.4) is 0 Å². The van der Waals surface area contributed by atoms with Crippen LogP contribution in [0.2, 0.25) is 0 Å². The van der Waals surface area contributed by atoms with Crippen molar-refractivity contribution in [1.29, 1.82) is 0 Å². The number of hydrogen-bond acceptors (Lipinski definition) is 6. The minimum absolute atomic E-state index is 0.0263. The molecule has 0 saturated carbocycles. The number of amides is 2. The third kappa shape index (κ3) is 3.83. The predicted octanol–water partition coefficient (Wildman–Crippen LogP) is 3.00. The third-order valence-electron chi connectivity index (χ3n) is 7.21. The number of aromatic nitrogens is 2. The van der Waals surface area contributed by atoms with Crippen LogP contribution in [0.5, 0.6) is 5.88 Å². The number of likely N-dealkylation sites (N-methyl/N-ethyl adjacent to an activating group) is 1. The second-order valence-corrected chi connectivity index (χ2v) is 9.90. The lowest BCUT2D eigenvalue weighted by Gasteiger charge is -2.60. The monoisotopic (exact) mass is 481 g/mol. The summed E-state index contributed by atoms with van der Waals surface area (Å²) < 4.78 is 5.62. The van der Waals surface area contributed by atoms with Crippen molar-refractivity contribution in [2.75, 3.05) is 44.7 Å². The maximum atomic E-state index is 12.1. The first-order chi connectivity index (χ1) is 17.4. The van der Waals surface area contributed by atoms with Gasteiger partial charge in [0.05, 0.1) is 5.69 Å². The second kappa shape index (κ2) is 8.57. The van der Waals surface area contributed by atoms with Crippen LogP contribution in [-0.4, -0.2) is 71.4 Å². The van der Waals surface area contributed by atoms with Crippen LogP contribution in [0.15, 0.2) is 67.3 Å². The summed E-state index contributed by atoms with van der Waals surface area (Å²) in [5.74, 6) is 0.675. The second-order valence-electron chi connectivity index (χ2n) is 9.90. The number of rotatable bonds is 5. The molecule has 2 amide bonds. The number of carbonyl (C=O) groups excluding carboxylic acids is 2. The summed E-state index contributed by atoms with van der Waals surface area (Å²) in [7, 11) is 1.69. The molecular weight excluding hydrogens is 454 g/mol. The SMILES string of the molecule is C=CC(=O)N1CC2(CN(Cc3ccc(-c4nc5c(nc4-c4ccccc4)N(C)C(=O)CO5)cc3)C2)C1. The Kier molecular flexibility index (Phi) is 5.34. The molecule has 182 valence electrons. The molecule has 1 aromatic heterocycles. The maximum Gasteiger partial charge on any atom is 0.266 e. The molecule has 3 aliphatic heterocycles. The van der Waals surface area contributed by atoms with E-state index >= 15 is 0 Å². The Labute approximate surface area is 209 Å². The van der Waals surface area contributed by atoms with Crippen LogP contribution in [0.1, 0.15) is 5.56 Å². The van der Waals surface area contributed by atoms with Gasteiger partial charge >= 0.3 is 0 Å². The van der Waals surface area contributed by atoms with E-state index in [1.807, 2.05) is 35.2 Å². The summed E-state index contributed by atoms with van der Waals surface area (Å²) in [5.41, 5.74) is 4.78. The zero-order chi connectivity index (χ0) is 24.9. The highest BCUT2D eigenvalue weighted by molar-refractivity contribution is 5.96. The topological polar surface area (TPSA) is 78.9 Å². The van der Waals surface area contributed by atoms with Gasteiger partial charge in [0.25, 0.3) is 11.8 Å². The molecule has 3 aromatic rings. The van der Waals surface area contributed by atoms with E-state index < -0.39 is 0 Å². The molecule has 0 unspecified atom stereocenters. The molecule has 8 heteroatoms. The lowest BCUT2D eigenvalue weighted by Crippen LogP contribution is -2.72. The number of likely N-dealkylation sites (tertiary alicyclic amines) is 2. The van der Waals surface area contributed by atoms with E-state index in [1.54, 1.807) is 7.05 Å². The zero-order valence-corrected chi connectivity index (χ0v) is 20.2.